The molecule has 0 spiro atoms. The molecule has 3 N–H and O–H groups in total. The topological polar surface area (TPSA) is 78.7 Å². The number of aryl methyl sites for hydroxylation is 3. The molecule has 1 heterocycles. The van der Waals surface area contributed by atoms with Crippen molar-refractivity contribution < 1.29 is 9.59 Å². The van der Waals surface area contributed by atoms with E-state index in [4.69, 9.17) is 5.84 Å². The van der Waals surface area contributed by atoms with Crippen LogP contribution < -0.4 is 16.2 Å². The highest BCUT2D eigenvalue weighted by molar-refractivity contribution is 6.34. The SMILES string of the molecule is Cc1cc(C)c(N2CCN(C(=O)C(=O)NN)CC2)cc1C. The Morgan fingerprint density at radius 3 is 2.14 bits per heavy atom. The first-order valence-electron chi connectivity index (χ1n) is 7.06. The van der Waals surface area contributed by atoms with E-state index in [0.29, 0.717) is 26.2 Å². The number of nitrogens with one attached hydrogen (secondary N) is 1. The number of anilines is 1. The van der Waals surface area contributed by atoms with Gasteiger partial charge in [-0.05, 0) is 43.5 Å². The first-order chi connectivity index (χ1) is 9.93. The zero-order chi connectivity index (χ0) is 15.6. The van der Waals surface area contributed by atoms with Crippen LogP contribution in [0, 0.1) is 20.8 Å². The average Bonchev–Trinajstić information content (AvgIpc) is 2.49. The third-order valence-corrected chi connectivity index (χ3v) is 4.05. The quantitative estimate of drug-likeness (QED) is 0.336. The summed E-state index contributed by atoms with van der Waals surface area (Å²) in [6.07, 6.45) is 0. The molecular formula is C15H22N4O2. The number of hydrazine groups is 1. The average molecular weight is 290 g/mol. The molecule has 1 saturated heterocycles. The lowest BCUT2D eigenvalue weighted by Crippen LogP contribution is -2.53. The van der Waals surface area contributed by atoms with Gasteiger partial charge in [0.25, 0.3) is 0 Å². The van der Waals surface area contributed by atoms with E-state index >= 15 is 0 Å². The van der Waals surface area contributed by atoms with Crippen LogP contribution in [0.1, 0.15) is 16.7 Å². The van der Waals surface area contributed by atoms with Crippen molar-refractivity contribution in [2.45, 2.75) is 20.8 Å². The fourth-order valence-corrected chi connectivity index (χ4v) is 2.64. The molecule has 1 aliphatic heterocycles. The highest BCUT2D eigenvalue weighted by atomic mass is 16.2. The van der Waals surface area contributed by atoms with Crippen LogP contribution in [-0.4, -0.2) is 42.9 Å². The van der Waals surface area contributed by atoms with Crippen molar-refractivity contribution in [1.82, 2.24) is 10.3 Å². The van der Waals surface area contributed by atoms with Crippen LogP contribution in [-0.2, 0) is 9.59 Å². The molecule has 114 valence electrons. The van der Waals surface area contributed by atoms with Gasteiger partial charge in [-0.2, -0.15) is 0 Å². The summed E-state index contributed by atoms with van der Waals surface area (Å²) in [4.78, 5) is 26.8. The molecule has 21 heavy (non-hydrogen) atoms. The maximum absolute atomic E-state index is 11.8. The maximum atomic E-state index is 11.8. The molecule has 6 nitrogen and oxygen atoms in total. The molecule has 1 aromatic rings. The summed E-state index contributed by atoms with van der Waals surface area (Å²) in [5.74, 6) is 3.67. The van der Waals surface area contributed by atoms with E-state index in [-0.39, 0.29) is 0 Å². The fraction of sp³-hybridized carbons (Fsp3) is 0.467. The smallest absolute Gasteiger partial charge is 0.323 e. The zero-order valence-electron chi connectivity index (χ0n) is 12.8. The Balaban J connectivity index is 2.06. The minimum absolute atomic E-state index is 0.526. The molecule has 1 aliphatic rings. The second kappa shape index (κ2) is 6.13. The minimum Gasteiger partial charge on any atom is -0.368 e. The van der Waals surface area contributed by atoms with E-state index in [1.165, 1.54) is 27.3 Å². The normalized spacial score (nSPS) is 15.0. The summed E-state index contributed by atoms with van der Waals surface area (Å²) in [5.41, 5.74) is 6.86. The summed E-state index contributed by atoms with van der Waals surface area (Å²) in [6, 6.07) is 4.37. The van der Waals surface area contributed by atoms with Crippen LogP contribution >= 0.6 is 0 Å². The molecule has 0 radical (unpaired) electrons. The van der Waals surface area contributed by atoms with Crippen molar-refractivity contribution >= 4 is 17.5 Å². The summed E-state index contributed by atoms with van der Waals surface area (Å²) in [6.45, 7) is 8.79. The van der Waals surface area contributed by atoms with Gasteiger partial charge in [0.1, 0.15) is 0 Å². The van der Waals surface area contributed by atoms with E-state index in [9.17, 15) is 9.59 Å². The van der Waals surface area contributed by atoms with Crippen LogP contribution in [0.4, 0.5) is 5.69 Å². The van der Waals surface area contributed by atoms with E-state index in [1.54, 1.807) is 0 Å². The summed E-state index contributed by atoms with van der Waals surface area (Å²) < 4.78 is 0. The largest absolute Gasteiger partial charge is 0.368 e. The monoisotopic (exact) mass is 290 g/mol. The third kappa shape index (κ3) is 3.16. The Hall–Kier alpha value is -2.08. The molecule has 0 saturated carbocycles. The Morgan fingerprint density at radius 2 is 1.57 bits per heavy atom. The number of carbonyl (C=O) groups excluding carboxylic acids is 2. The Morgan fingerprint density at radius 1 is 1.00 bits per heavy atom. The number of piperazine rings is 1. The number of nitrogens with zero attached hydrogens (tertiary/aromatic N) is 2. The first kappa shape index (κ1) is 15.3. The maximum Gasteiger partial charge on any atom is 0.323 e. The second-order valence-corrected chi connectivity index (χ2v) is 5.48. The molecule has 0 atom stereocenters. The van der Waals surface area contributed by atoms with E-state index in [0.717, 1.165) is 0 Å². The van der Waals surface area contributed by atoms with E-state index in [2.05, 4.69) is 37.8 Å². The summed E-state index contributed by atoms with van der Waals surface area (Å²) >= 11 is 0. The molecule has 0 aromatic heterocycles. The van der Waals surface area contributed by atoms with Crippen LogP contribution in [0.5, 0.6) is 0 Å². The van der Waals surface area contributed by atoms with Crippen molar-refractivity contribution in [3.05, 3.63) is 28.8 Å². The molecule has 1 aromatic carbocycles. The molecule has 0 bridgehead atoms. The van der Waals surface area contributed by atoms with Gasteiger partial charge < -0.3 is 9.80 Å². The van der Waals surface area contributed by atoms with E-state index < -0.39 is 11.8 Å². The number of rotatable bonds is 1. The lowest BCUT2D eigenvalue weighted by molar-refractivity contribution is -0.146. The van der Waals surface area contributed by atoms with Crippen LogP contribution in [0.2, 0.25) is 0 Å². The lowest BCUT2D eigenvalue weighted by Gasteiger charge is -2.36. The number of benzene rings is 1. The minimum atomic E-state index is -0.759. The van der Waals surface area contributed by atoms with Crippen molar-refractivity contribution in [1.29, 1.82) is 0 Å². The first-order valence-corrected chi connectivity index (χ1v) is 7.06. The Bertz CT molecular complexity index is 563. The van der Waals surface area contributed by atoms with Gasteiger partial charge in [0.2, 0.25) is 0 Å². The standard InChI is InChI=1S/C15H22N4O2/c1-10-8-12(3)13(9-11(10)2)18-4-6-19(7-5-18)15(21)14(20)17-16/h8-9H,4-7,16H2,1-3H3,(H,17,20). The van der Waals surface area contributed by atoms with Crippen LogP contribution in [0.15, 0.2) is 12.1 Å². The van der Waals surface area contributed by atoms with Gasteiger partial charge in [-0.25, -0.2) is 5.84 Å². The number of carbonyl (C=O) groups is 2. The fourth-order valence-electron chi connectivity index (χ4n) is 2.64. The third-order valence-electron chi connectivity index (χ3n) is 4.05. The van der Waals surface area contributed by atoms with Gasteiger partial charge in [-0.3, -0.25) is 15.0 Å². The molecule has 1 fully saturated rings. The number of nitrogens with two attached hydrogens (primary N) is 1. The van der Waals surface area contributed by atoms with Crippen molar-refractivity contribution in [3.8, 4) is 0 Å². The molecule has 2 amide bonds. The highest BCUT2D eigenvalue weighted by Crippen LogP contribution is 2.25. The summed E-state index contributed by atoms with van der Waals surface area (Å²) in [5, 5.41) is 0. The lowest BCUT2D eigenvalue weighted by atomic mass is 10.0. The Labute approximate surface area is 124 Å². The number of hydrogen-bond acceptors (Lipinski definition) is 4. The zero-order valence-corrected chi connectivity index (χ0v) is 12.8. The van der Waals surface area contributed by atoms with Crippen LogP contribution in [0.3, 0.4) is 0 Å². The van der Waals surface area contributed by atoms with E-state index in [1.807, 2.05) is 5.43 Å². The predicted molar refractivity (Wildman–Crippen MR) is 81.8 cm³/mol. The van der Waals surface area contributed by atoms with Gasteiger partial charge in [-0.1, -0.05) is 6.07 Å². The molecule has 6 heteroatoms. The Kier molecular flexibility index (Phi) is 4.47. The van der Waals surface area contributed by atoms with Crippen molar-refractivity contribution in [3.63, 3.8) is 0 Å². The summed E-state index contributed by atoms with van der Waals surface area (Å²) in [7, 11) is 0. The van der Waals surface area contributed by atoms with Gasteiger partial charge in [0, 0.05) is 31.9 Å². The van der Waals surface area contributed by atoms with Gasteiger partial charge >= 0.3 is 11.8 Å². The van der Waals surface area contributed by atoms with Gasteiger partial charge in [0.15, 0.2) is 0 Å². The molecule has 0 aliphatic carbocycles. The van der Waals surface area contributed by atoms with Crippen LogP contribution in [0.25, 0.3) is 0 Å². The predicted octanol–water partition coefficient (Wildman–Crippen LogP) is 0.250. The molecular weight excluding hydrogens is 268 g/mol. The van der Waals surface area contributed by atoms with Gasteiger partial charge in [-0.15, -0.1) is 0 Å². The van der Waals surface area contributed by atoms with Crippen molar-refractivity contribution in [2.24, 2.45) is 5.84 Å². The highest BCUT2D eigenvalue weighted by Gasteiger charge is 2.26. The van der Waals surface area contributed by atoms with Crippen molar-refractivity contribution in [2.75, 3.05) is 31.1 Å². The molecule has 2 rings (SSSR count). The number of amides is 2. The second-order valence-electron chi connectivity index (χ2n) is 5.48. The van der Waals surface area contributed by atoms with Gasteiger partial charge in [0.05, 0.1) is 0 Å². The molecule has 0 unspecified atom stereocenters. The number of hydrogen-bond donors (Lipinski definition) is 2.